The Hall–Kier alpha value is -0.800. The molecule has 0 aliphatic heterocycles. The normalized spacial score (nSPS) is 11.6. The maximum absolute atomic E-state index is 12.8. The highest BCUT2D eigenvalue weighted by Crippen LogP contribution is 2.25. The van der Waals surface area contributed by atoms with Crippen LogP contribution in [0, 0.1) is 5.82 Å². The molecule has 1 N–H and O–H groups in total. The van der Waals surface area contributed by atoms with Crippen LogP contribution in [0.4, 0.5) is 4.39 Å². The van der Waals surface area contributed by atoms with Crippen molar-refractivity contribution in [2.24, 2.45) is 0 Å². The molecule has 0 atom stereocenters. The number of ether oxygens (including phenoxy) is 1. The molecule has 0 aliphatic rings. The fraction of sp³-hybridized carbons (Fsp3) is 0.500. The van der Waals surface area contributed by atoms with Crippen LogP contribution in [0.25, 0.3) is 0 Å². The van der Waals surface area contributed by atoms with Crippen LogP contribution < -0.4 is 10.1 Å². The van der Waals surface area contributed by atoms with Gasteiger partial charge < -0.3 is 10.1 Å². The van der Waals surface area contributed by atoms with Crippen molar-refractivity contribution in [3.63, 3.8) is 0 Å². The Morgan fingerprint density at radius 2 is 2.12 bits per heavy atom. The molecule has 2 nitrogen and oxygen atoms in total. The monoisotopic (exact) mass is 245 g/mol. The zero-order valence-electron chi connectivity index (χ0n) is 9.81. The molecule has 1 rings (SSSR count). The maximum atomic E-state index is 12.8. The first-order valence-corrected chi connectivity index (χ1v) is 5.59. The Kier molecular flexibility index (Phi) is 4.56. The van der Waals surface area contributed by atoms with Crippen molar-refractivity contribution < 1.29 is 9.13 Å². The highest BCUT2D eigenvalue weighted by Gasteiger charge is 2.14. The summed E-state index contributed by atoms with van der Waals surface area (Å²) in [6.07, 6.45) is 0.844. The quantitative estimate of drug-likeness (QED) is 0.860. The van der Waals surface area contributed by atoms with E-state index in [0.29, 0.717) is 17.4 Å². The summed E-state index contributed by atoms with van der Waals surface area (Å²) in [5.74, 6) is 0.169. The highest BCUT2D eigenvalue weighted by atomic mass is 35.5. The van der Waals surface area contributed by atoms with Crippen molar-refractivity contribution in [3.8, 4) is 5.75 Å². The third-order valence-corrected chi connectivity index (χ3v) is 2.85. The summed E-state index contributed by atoms with van der Waals surface area (Å²) in [4.78, 5) is 0. The Bertz CT molecular complexity index is 355. The van der Waals surface area contributed by atoms with Crippen LogP contribution in [0.2, 0.25) is 5.02 Å². The van der Waals surface area contributed by atoms with E-state index < -0.39 is 0 Å². The van der Waals surface area contributed by atoms with E-state index in [1.54, 1.807) is 6.07 Å². The molecular formula is C12H17ClFNO. The number of hydrogen-bond acceptors (Lipinski definition) is 2. The zero-order valence-corrected chi connectivity index (χ0v) is 10.6. The van der Waals surface area contributed by atoms with E-state index in [0.717, 1.165) is 6.42 Å². The van der Waals surface area contributed by atoms with Gasteiger partial charge in [-0.05, 0) is 45.5 Å². The van der Waals surface area contributed by atoms with Gasteiger partial charge in [-0.25, -0.2) is 4.39 Å². The summed E-state index contributed by atoms with van der Waals surface area (Å²) >= 11 is 5.83. The standard InChI is InChI=1S/C12H17ClFNO/c1-12(2,15-3)6-7-16-11-5-4-9(14)8-10(11)13/h4-5,8,15H,6-7H2,1-3H3. The molecule has 16 heavy (non-hydrogen) atoms. The molecule has 4 heteroatoms. The molecular weight excluding hydrogens is 229 g/mol. The van der Waals surface area contributed by atoms with Crippen LogP contribution in [0.1, 0.15) is 20.3 Å². The van der Waals surface area contributed by atoms with Gasteiger partial charge in [-0.1, -0.05) is 11.6 Å². The number of hydrogen-bond donors (Lipinski definition) is 1. The van der Waals surface area contributed by atoms with Crippen LogP contribution in [0.5, 0.6) is 5.75 Å². The largest absolute Gasteiger partial charge is 0.492 e. The fourth-order valence-corrected chi connectivity index (χ4v) is 1.36. The number of nitrogens with one attached hydrogen (secondary N) is 1. The Balaban J connectivity index is 2.49. The van der Waals surface area contributed by atoms with Gasteiger partial charge in [0.25, 0.3) is 0 Å². The second-order valence-electron chi connectivity index (χ2n) is 4.31. The van der Waals surface area contributed by atoms with Crippen LogP contribution in [-0.4, -0.2) is 19.2 Å². The van der Waals surface area contributed by atoms with Crippen LogP contribution in [0.3, 0.4) is 0 Å². The third kappa shape index (κ3) is 3.99. The van der Waals surface area contributed by atoms with Gasteiger partial charge >= 0.3 is 0 Å². The Labute approximate surface area is 101 Å². The third-order valence-electron chi connectivity index (χ3n) is 2.56. The van der Waals surface area contributed by atoms with Crippen molar-refractivity contribution in [1.29, 1.82) is 0 Å². The summed E-state index contributed by atoms with van der Waals surface area (Å²) in [7, 11) is 1.91. The molecule has 0 radical (unpaired) electrons. The lowest BCUT2D eigenvalue weighted by molar-refractivity contribution is 0.256. The van der Waals surface area contributed by atoms with Crippen molar-refractivity contribution in [2.75, 3.05) is 13.7 Å². The molecule has 0 saturated carbocycles. The van der Waals surface area contributed by atoms with Crippen molar-refractivity contribution in [3.05, 3.63) is 29.0 Å². The van der Waals surface area contributed by atoms with E-state index in [9.17, 15) is 4.39 Å². The molecule has 0 aliphatic carbocycles. The molecule has 0 fully saturated rings. The smallest absolute Gasteiger partial charge is 0.138 e. The van der Waals surface area contributed by atoms with E-state index in [1.807, 2.05) is 7.05 Å². The number of rotatable bonds is 5. The first-order chi connectivity index (χ1) is 7.44. The van der Waals surface area contributed by atoms with E-state index >= 15 is 0 Å². The SMILES string of the molecule is CNC(C)(C)CCOc1ccc(F)cc1Cl. The average molecular weight is 246 g/mol. The second-order valence-corrected chi connectivity index (χ2v) is 4.71. The number of benzene rings is 1. The minimum absolute atomic E-state index is 0.0203. The summed E-state index contributed by atoms with van der Waals surface area (Å²) in [5, 5.41) is 3.49. The van der Waals surface area contributed by atoms with Crippen LogP contribution in [0.15, 0.2) is 18.2 Å². The van der Waals surface area contributed by atoms with E-state index in [2.05, 4.69) is 19.2 Å². The summed E-state index contributed by atoms with van der Waals surface area (Å²) in [6, 6.07) is 4.13. The van der Waals surface area contributed by atoms with E-state index in [1.165, 1.54) is 12.1 Å². The average Bonchev–Trinajstić information content (AvgIpc) is 2.21. The molecule has 1 aromatic carbocycles. The van der Waals surface area contributed by atoms with Crippen LogP contribution in [-0.2, 0) is 0 Å². The van der Waals surface area contributed by atoms with Gasteiger partial charge in [0.2, 0.25) is 0 Å². The van der Waals surface area contributed by atoms with E-state index in [4.69, 9.17) is 16.3 Å². The van der Waals surface area contributed by atoms with Gasteiger partial charge in [0.15, 0.2) is 0 Å². The minimum atomic E-state index is -0.354. The van der Waals surface area contributed by atoms with Gasteiger partial charge in [0.1, 0.15) is 11.6 Å². The maximum Gasteiger partial charge on any atom is 0.138 e. The molecule has 0 amide bonds. The van der Waals surface area contributed by atoms with Crippen molar-refractivity contribution in [1.82, 2.24) is 5.32 Å². The first-order valence-electron chi connectivity index (χ1n) is 5.21. The van der Waals surface area contributed by atoms with Crippen molar-refractivity contribution >= 4 is 11.6 Å². The summed E-state index contributed by atoms with van der Waals surface area (Å²) in [6.45, 7) is 4.71. The van der Waals surface area contributed by atoms with Gasteiger partial charge in [-0.2, -0.15) is 0 Å². The van der Waals surface area contributed by atoms with Gasteiger partial charge in [0, 0.05) is 5.54 Å². The Morgan fingerprint density at radius 1 is 1.44 bits per heavy atom. The first kappa shape index (κ1) is 13.3. The van der Waals surface area contributed by atoms with Crippen molar-refractivity contribution in [2.45, 2.75) is 25.8 Å². The van der Waals surface area contributed by atoms with E-state index in [-0.39, 0.29) is 11.4 Å². The topological polar surface area (TPSA) is 21.3 Å². The van der Waals surface area contributed by atoms with Gasteiger partial charge in [-0.3, -0.25) is 0 Å². The van der Waals surface area contributed by atoms with Crippen LogP contribution >= 0.6 is 11.6 Å². The highest BCUT2D eigenvalue weighted by molar-refractivity contribution is 6.32. The molecule has 0 bridgehead atoms. The molecule has 0 aromatic heterocycles. The molecule has 0 spiro atoms. The second kappa shape index (κ2) is 5.51. The minimum Gasteiger partial charge on any atom is -0.492 e. The molecule has 0 saturated heterocycles. The predicted molar refractivity (Wildman–Crippen MR) is 64.7 cm³/mol. The lowest BCUT2D eigenvalue weighted by atomic mass is 10.0. The predicted octanol–water partition coefficient (Wildman–Crippen LogP) is 3.25. The Morgan fingerprint density at radius 3 is 2.69 bits per heavy atom. The lowest BCUT2D eigenvalue weighted by Gasteiger charge is -2.23. The van der Waals surface area contributed by atoms with Gasteiger partial charge in [-0.15, -0.1) is 0 Å². The lowest BCUT2D eigenvalue weighted by Crippen LogP contribution is -2.37. The fourth-order valence-electron chi connectivity index (χ4n) is 1.13. The van der Waals surface area contributed by atoms with Gasteiger partial charge in [0.05, 0.1) is 11.6 Å². The molecule has 0 heterocycles. The number of halogens is 2. The molecule has 0 unspecified atom stereocenters. The zero-order chi connectivity index (χ0) is 12.2. The summed E-state index contributed by atoms with van der Waals surface area (Å²) in [5.41, 5.74) is 0.0203. The molecule has 90 valence electrons. The molecule has 1 aromatic rings. The summed E-state index contributed by atoms with van der Waals surface area (Å²) < 4.78 is 18.3.